The summed E-state index contributed by atoms with van der Waals surface area (Å²) in [5.74, 6) is 0.520. The molecule has 0 radical (unpaired) electrons. The summed E-state index contributed by atoms with van der Waals surface area (Å²) in [7, 11) is 0. The summed E-state index contributed by atoms with van der Waals surface area (Å²) in [5.41, 5.74) is 9.25. The first-order valence-electron chi connectivity index (χ1n) is 7.47. The van der Waals surface area contributed by atoms with Crippen molar-refractivity contribution in [3.63, 3.8) is 0 Å². The lowest BCUT2D eigenvalue weighted by molar-refractivity contribution is -0.117. The van der Waals surface area contributed by atoms with Crippen molar-refractivity contribution in [1.82, 2.24) is 4.98 Å². The molecular weight excluding hydrogens is 304 g/mol. The van der Waals surface area contributed by atoms with Gasteiger partial charge in [0.15, 0.2) is 5.82 Å². The molecule has 8 heteroatoms. The summed E-state index contributed by atoms with van der Waals surface area (Å²) < 4.78 is 0. The monoisotopic (exact) mass is 320 g/mol. The quantitative estimate of drug-likeness (QED) is 0.399. The van der Waals surface area contributed by atoms with E-state index in [2.05, 4.69) is 20.3 Å². The summed E-state index contributed by atoms with van der Waals surface area (Å²) in [5, 5.41) is 6.82. The fraction of sp³-hybridized carbons (Fsp3) is 0.571. The number of azide groups is 1. The molecule has 0 saturated heterocycles. The van der Waals surface area contributed by atoms with Crippen LogP contribution in [0.5, 0.6) is 0 Å². The summed E-state index contributed by atoms with van der Waals surface area (Å²) in [6, 6.07) is 3.12. The second-order valence-electron chi connectivity index (χ2n) is 5.62. The lowest BCUT2D eigenvalue weighted by atomic mass is 9.92. The molecule has 1 aromatic rings. The number of pyridine rings is 1. The van der Waals surface area contributed by atoms with Crippen molar-refractivity contribution >= 4 is 29.0 Å². The largest absolute Gasteiger partial charge is 0.340 e. The molecule has 7 nitrogen and oxygen atoms in total. The number of hydrogen-bond acceptors (Lipinski definition) is 4. The minimum absolute atomic E-state index is 0.0897. The maximum atomic E-state index is 12.4. The third-order valence-corrected chi connectivity index (χ3v) is 4.48. The molecule has 1 aromatic heterocycles. The average Bonchev–Trinajstić information content (AvgIpc) is 2.54. The minimum atomic E-state index is -0.530. The fourth-order valence-corrected chi connectivity index (χ4v) is 3.42. The lowest BCUT2D eigenvalue weighted by Crippen LogP contribution is -2.55. The molecule has 22 heavy (non-hydrogen) atoms. The van der Waals surface area contributed by atoms with E-state index in [1.807, 2.05) is 4.90 Å². The number of rotatable bonds is 3. The van der Waals surface area contributed by atoms with Gasteiger partial charge in [-0.15, -0.1) is 0 Å². The Balaban J connectivity index is 2.02. The zero-order valence-corrected chi connectivity index (χ0v) is 12.8. The van der Waals surface area contributed by atoms with Crippen LogP contribution >= 0.6 is 11.6 Å². The molecule has 1 fully saturated rings. The highest BCUT2D eigenvalue weighted by molar-refractivity contribution is 6.29. The van der Waals surface area contributed by atoms with Gasteiger partial charge in [-0.1, -0.05) is 36.0 Å². The van der Waals surface area contributed by atoms with Gasteiger partial charge < -0.3 is 10.2 Å². The van der Waals surface area contributed by atoms with E-state index >= 15 is 0 Å². The van der Waals surface area contributed by atoms with E-state index in [0.29, 0.717) is 16.7 Å². The third kappa shape index (κ3) is 2.82. The van der Waals surface area contributed by atoms with Gasteiger partial charge in [-0.3, -0.25) is 4.79 Å². The van der Waals surface area contributed by atoms with Crippen LogP contribution in [0, 0.1) is 0 Å². The van der Waals surface area contributed by atoms with Crippen LogP contribution in [0.15, 0.2) is 17.2 Å². The number of fused-ring (bicyclic) bond motifs is 1. The number of halogens is 1. The van der Waals surface area contributed by atoms with Crippen LogP contribution in [0.4, 0.5) is 11.5 Å². The van der Waals surface area contributed by atoms with Crippen molar-refractivity contribution in [1.29, 1.82) is 0 Å². The lowest BCUT2D eigenvalue weighted by Gasteiger charge is -2.43. The molecule has 1 saturated carbocycles. The Kier molecular flexibility index (Phi) is 4.36. The van der Waals surface area contributed by atoms with Gasteiger partial charge in [-0.05, 0) is 30.5 Å². The van der Waals surface area contributed by atoms with E-state index < -0.39 is 6.04 Å². The average molecular weight is 321 g/mol. The zero-order chi connectivity index (χ0) is 15.5. The van der Waals surface area contributed by atoms with Gasteiger partial charge in [0.2, 0.25) is 5.91 Å². The molecular formula is C14H17ClN6O. The van der Waals surface area contributed by atoms with E-state index in [9.17, 15) is 4.79 Å². The van der Waals surface area contributed by atoms with Gasteiger partial charge in [-0.25, -0.2) is 4.98 Å². The van der Waals surface area contributed by atoms with Gasteiger partial charge in [0.1, 0.15) is 11.2 Å². The molecule has 0 aromatic carbocycles. The van der Waals surface area contributed by atoms with Crippen molar-refractivity contribution in [2.75, 3.05) is 16.8 Å². The Morgan fingerprint density at radius 3 is 2.91 bits per heavy atom. The van der Waals surface area contributed by atoms with Gasteiger partial charge in [-0.2, -0.15) is 0 Å². The summed E-state index contributed by atoms with van der Waals surface area (Å²) >= 11 is 6.04. The molecule has 116 valence electrons. The Labute approximate surface area is 133 Å². The second kappa shape index (κ2) is 6.42. The number of aromatic nitrogens is 1. The Hall–Kier alpha value is -1.98. The predicted octanol–water partition coefficient (Wildman–Crippen LogP) is 3.51. The normalized spacial score (nSPS) is 21.8. The van der Waals surface area contributed by atoms with E-state index in [1.165, 1.54) is 6.42 Å². The Morgan fingerprint density at radius 1 is 1.41 bits per heavy atom. The number of carbonyl (C=O) groups excluding carboxylic acids is 1. The number of nitrogens with one attached hydrogen (secondary N) is 1. The van der Waals surface area contributed by atoms with E-state index in [-0.39, 0.29) is 18.5 Å². The molecule has 1 atom stereocenters. The number of amides is 1. The molecule has 0 bridgehead atoms. The highest BCUT2D eigenvalue weighted by Crippen LogP contribution is 2.36. The second-order valence-corrected chi connectivity index (χ2v) is 6.01. The van der Waals surface area contributed by atoms with Crippen molar-refractivity contribution in [3.05, 3.63) is 27.7 Å². The summed E-state index contributed by atoms with van der Waals surface area (Å²) in [6.45, 7) is 0.0897. The molecule has 3 rings (SSSR count). The Morgan fingerprint density at radius 2 is 2.18 bits per heavy atom. The van der Waals surface area contributed by atoms with Gasteiger partial charge in [0.25, 0.3) is 0 Å². The molecule has 0 spiro atoms. The molecule has 2 heterocycles. The van der Waals surface area contributed by atoms with E-state index in [4.69, 9.17) is 17.1 Å². The SMILES string of the molecule is [N-]=[N+]=NC[C@@H]1C(=O)Nc2ccc(Cl)nc2N1C1CCCCC1. The number of nitrogens with zero attached hydrogens (tertiary/aromatic N) is 5. The van der Waals surface area contributed by atoms with E-state index in [0.717, 1.165) is 25.7 Å². The minimum Gasteiger partial charge on any atom is -0.340 e. The van der Waals surface area contributed by atoms with Gasteiger partial charge >= 0.3 is 0 Å². The van der Waals surface area contributed by atoms with Crippen LogP contribution in [-0.4, -0.2) is 29.5 Å². The van der Waals surface area contributed by atoms with Crippen LogP contribution < -0.4 is 10.2 Å². The first-order valence-corrected chi connectivity index (χ1v) is 7.85. The van der Waals surface area contributed by atoms with E-state index in [1.54, 1.807) is 12.1 Å². The van der Waals surface area contributed by atoms with Crippen LogP contribution in [-0.2, 0) is 4.79 Å². The molecule has 1 amide bonds. The highest BCUT2D eigenvalue weighted by Gasteiger charge is 2.38. The number of hydrogen-bond donors (Lipinski definition) is 1. The van der Waals surface area contributed by atoms with Gasteiger partial charge in [0.05, 0.1) is 12.2 Å². The Bertz CT molecular complexity index is 624. The third-order valence-electron chi connectivity index (χ3n) is 4.27. The highest BCUT2D eigenvalue weighted by atomic mass is 35.5. The topological polar surface area (TPSA) is 94.0 Å². The maximum absolute atomic E-state index is 12.4. The standard InChI is InChI=1S/C14H17ClN6O/c15-12-7-6-10-13(19-12)21(9-4-2-1-3-5-9)11(8-17-20-16)14(22)18-10/h6-7,9,11H,1-5,8H2,(H,18,22)/t11-/m1/s1. The smallest absolute Gasteiger partial charge is 0.247 e. The molecule has 1 N–H and O–H groups in total. The number of carbonyl (C=O) groups is 1. The number of anilines is 2. The van der Waals surface area contributed by atoms with Crippen LogP contribution in [0.25, 0.3) is 10.4 Å². The van der Waals surface area contributed by atoms with Crippen molar-refractivity contribution in [2.24, 2.45) is 5.11 Å². The summed E-state index contributed by atoms with van der Waals surface area (Å²) in [4.78, 5) is 21.6. The van der Waals surface area contributed by atoms with Gasteiger partial charge in [0, 0.05) is 11.0 Å². The first kappa shape index (κ1) is 14.9. The van der Waals surface area contributed by atoms with Crippen LogP contribution in [0.1, 0.15) is 32.1 Å². The first-order chi connectivity index (χ1) is 10.7. The molecule has 1 aliphatic heterocycles. The van der Waals surface area contributed by atoms with Crippen molar-refractivity contribution < 1.29 is 4.79 Å². The fourth-order valence-electron chi connectivity index (χ4n) is 3.28. The predicted molar refractivity (Wildman–Crippen MR) is 85.0 cm³/mol. The summed E-state index contributed by atoms with van der Waals surface area (Å²) in [6.07, 6.45) is 5.49. The maximum Gasteiger partial charge on any atom is 0.247 e. The molecule has 0 unspecified atom stereocenters. The van der Waals surface area contributed by atoms with Crippen molar-refractivity contribution in [2.45, 2.75) is 44.2 Å². The van der Waals surface area contributed by atoms with Crippen molar-refractivity contribution in [3.8, 4) is 0 Å². The van der Waals surface area contributed by atoms with Crippen LogP contribution in [0.2, 0.25) is 5.15 Å². The molecule has 1 aliphatic carbocycles. The van der Waals surface area contributed by atoms with Crippen LogP contribution in [0.3, 0.4) is 0 Å². The molecule has 2 aliphatic rings. The zero-order valence-electron chi connectivity index (χ0n) is 12.1.